The lowest BCUT2D eigenvalue weighted by Gasteiger charge is -2.25. The molecule has 0 spiro atoms. The molecule has 8 heteroatoms. The van der Waals surface area contributed by atoms with Crippen LogP contribution in [0, 0.1) is 0 Å². The summed E-state index contributed by atoms with van der Waals surface area (Å²) in [6.07, 6.45) is 0.139. The Kier molecular flexibility index (Phi) is 5.56. The van der Waals surface area contributed by atoms with Crippen molar-refractivity contribution in [2.45, 2.75) is 32.2 Å². The minimum atomic E-state index is -3.60. The van der Waals surface area contributed by atoms with Gasteiger partial charge in [-0.1, -0.05) is 0 Å². The number of sulfonamides is 1. The van der Waals surface area contributed by atoms with E-state index in [2.05, 4.69) is 5.32 Å². The van der Waals surface area contributed by atoms with E-state index in [-0.39, 0.29) is 12.8 Å². The van der Waals surface area contributed by atoms with Gasteiger partial charge in [0.15, 0.2) is 0 Å². The van der Waals surface area contributed by atoms with E-state index in [1.165, 1.54) is 7.05 Å². The van der Waals surface area contributed by atoms with Gasteiger partial charge in [0.25, 0.3) is 0 Å². The molecule has 0 atom stereocenters. The van der Waals surface area contributed by atoms with Crippen molar-refractivity contribution in [2.75, 3.05) is 12.8 Å². The summed E-state index contributed by atoms with van der Waals surface area (Å²) in [6, 6.07) is 0. The van der Waals surface area contributed by atoms with Crippen LogP contribution in [0.25, 0.3) is 0 Å². The van der Waals surface area contributed by atoms with Crippen LogP contribution in [0.5, 0.6) is 0 Å². The van der Waals surface area contributed by atoms with Crippen molar-refractivity contribution in [3.8, 4) is 0 Å². The third-order valence-electron chi connectivity index (χ3n) is 2.07. The molecule has 0 fully saturated rings. The molecule has 0 radical (unpaired) electrons. The molecule has 0 aromatic heterocycles. The summed E-state index contributed by atoms with van der Waals surface area (Å²) in [7, 11) is -2.38. The summed E-state index contributed by atoms with van der Waals surface area (Å²) < 4.78 is 24.2. The maximum Gasteiger partial charge on any atom is 0.303 e. The fourth-order valence-electron chi connectivity index (χ4n) is 1.14. The van der Waals surface area contributed by atoms with Crippen molar-refractivity contribution in [1.29, 1.82) is 0 Å². The standard InChI is InChI=1S/C9H18N2O5S/c1-9(2,5-4-8(13)14)11-7(12)6-17(15,16)10-3/h10H,4-6H2,1-3H3,(H,11,12)(H,13,14). The number of amides is 1. The van der Waals surface area contributed by atoms with Gasteiger partial charge in [0.05, 0.1) is 0 Å². The zero-order chi connectivity index (χ0) is 13.7. The average molecular weight is 266 g/mol. The van der Waals surface area contributed by atoms with E-state index in [0.717, 1.165) is 0 Å². The summed E-state index contributed by atoms with van der Waals surface area (Å²) in [5.41, 5.74) is -0.751. The first kappa shape index (κ1) is 15.9. The van der Waals surface area contributed by atoms with E-state index < -0.39 is 33.2 Å². The molecule has 0 bridgehead atoms. The Morgan fingerprint density at radius 2 is 1.82 bits per heavy atom. The van der Waals surface area contributed by atoms with Gasteiger partial charge in [-0.05, 0) is 27.3 Å². The normalized spacial score (nSPS) is 12.2. The van der Waals surface area contributed by atoms with Gasteiger partial charge in [-0.3, -0.25) is 9.59 Å². The first-order valence-electron chi connectivity index (χ1n) is 5.02. The molecular formula is C9H18N2O5S. The summed E-state index contributed by atoms with van der Waals surface area (Å²) in [5, 5.41) is 11.0. The number of carboxylic acid groups (broad SMARTS) is 1. The molecule has 0 aliphatic heterocycles. The van der Waals surface area contributed by atoms with Crippen LogP contribution in [0.3, 0.4) is 0 Å². The molecule has 3 N–H and O–H groups in total. The SMILES string of the molecule is CNS(=O)(=O)CC(=O)NC(C)(C)CCC(=O)O. The quantitative estimate of drug-likeness (QED) is 0.563. The van der Waals surface area contributed by atoms with Gasteiger partial charge in [0, 0.05) is 12.0 Å². The second-order valence-electron chi connectivity index (χ2n) is 4.29. The number of rotatable bonds is 7. The Labute approximate surface area is 101 Å². The van der Waals surface area contributed by atoms with Crippen molar-refractivity contribution in [3.05, 3.63) is 0 Å². The van der Waals surface area contributed by atoms with Crippen LogP contribution in [0.15, 0.2) is 0 Å². The second-order valence-corrected chi connectivity index (χ2v) is 6.22. The topological polar surface area (TPSA) is 113 Å². The molecule has 17 heavy (non-hydrogen) atoms. The Morgan fingerprint density at radius 1 is 1.29 bits per heavy atom. The molecule has 7 nitrogen and oxygen atoms in total. The van der Waals surface area contributed by atoms with Crippen molar-refractivity contribution in [3.63, 3.8) is 0 Å². The first-order valence-corrected chi connectivity index (χ1v) is 6.67. The number of carbonyl (C=O) groups is 2. The first-order chi connectivity index (χ1) is 7.58. The highest BCUT2D eigenvalue weighted by Crippen LogP contribution is 2.11. The number of hydrogen-bond donors (Lipinski definition) is 3. The van der Waals surface area contributed by atoms with Gasteiger partial charge in [-0.2, -0.15) is 0 Å². The van der Waals surface area contributed by atoms with E-state index in [9.17, 15) is 18.0 Å². The minimum Gasteiger partial charge on any atom is -0.481 e. The monoisotopic (exact) mass is 266 g/mol. The molecule has 0 saturated carbocycles. The van der Waals surface area contributed by atoms with Gasteiger partial charge in [0.1, 0.15) is 5.75 Å². The third kappa shape index (κ3) is 7.70. The predicted molar refractivity (Wildman–Crippen MR) is 61.9 cm³/mol. The Hall–Kier alpha value is -1.15. The maximum absolute atomic E-state index is 11.4. The zero-order valence-corrected chi connectivity index (χ0v) is 10.9. The Bertz CT molecular complexity index is 388. The van der Waals surface area contributed by atoms with Crippen molar-refractivity contribution < 1.29 is 23.1 Å². The van der Waals surface area contributed by atoms with Crippen LogP contribution in [-0.2, 0) is 19.6 Å². The van der Waals surface area contributed by atoms with Crippen LogP contribution in [-0.4, -0.2) is 43.7 Å². The fraction of sp³-hybridized carbons (Fsp3) is 0.778. The van der Waals surface area contributed by atoms with Crippen molar-refractivity contribution in [1.82, 2.24) is 10.0 Å². The van der Waals surface area contributed by atoms with E-state index in [1.807, 2.05) is 4.72 Å². The summed E-state index contributed by atoms with van der Waals surface area (Å²) in [4.78, 5) is 21.8. The Balaban J connectivity index is 4.32. The Morgan fingerprint density at radius 3 is 2.24 bits per heavy atom. The number of aliphatic carboxylic acids is 1. The van der Waals surface area contributed by atoms with E-state index >= 15 is 0 Å². The largest absolute Gasteiger partial charge is 0.481 e. The highest BCUT2D eigenvalue weighted by molar-refractivity contribution is 7.90. The lowest BCUT2D eigenvalue weighted by molar-refractivity contribution is -0.137. The highest BCUT2D eigenvalue weighted by Gasteiger charge is 2.24. The fourth-order valence-corrected chi connectivity index (χ4v) is 1.70. The van der Waals surface area contributed by atoms with Crippen LogP contribution >= 0.6 is 0 Å². The second kappa shape index (κ2) is 5.97. The van der Waals surface area contributed by atoms with E-state index in [0.29, 0.717) is 0 Å². The van der Waals surface area contributed by atoms with Crippen LogP contribution < -0.4 is 10.0 Å². The minimum absolute atomic E-state index is 0.0912. The molecule has 0 rings (SSSR count). The summed E-state index contributed by atoms with van der Waals surface area (Å²) >= 11 is 0. The highest BCUT2D eigenvalue weighted by atomic mass is 32.2. The number of hydrogen-bond acceptors (Lipinski definition) is 4. The lowest BCUT2D eigenvalue weighted by atomic mass is 9.98. The van der Waals surface area contributed by atoms with Crippen LogP contribution in [0.1, 0.15) is 26.7 Å². The van der Waals surface area contributed by atoms with Gasteiger partial charge < -0.3 is 10.4 Å². The van der Waals surface area contributed by atoms with E-state index in [1.54, 1.807) is 13.8 Å². The molecule has 1 amide bonds. The summed E-state index contributed by atoms with van der Waals surface area (Å²) in [5.74, 6) is -2.29. The molecule has 0 saturated heterocycles. The molecule has 0 aromatic rings. The number of nitrogens with one attached hydrogen (secondary N) is 2. The van der Waals surface area contributed by atoms with Gasteiger partial charge >= 0.3 is 5.97 Å². The smallest absolute Gasteiger partial charge is 0.303 e. The van der Waals surface area contributed by atoms with Crippen LogP contribution in [0.4, 0.5) is 0 Å². The van der Waals surface area contributed by atoms with Crippen molar-refractivity contribution in [2.24, 2.45) is 0 Å². The summed E-state index contributed by atoms with van der Waals surface area (Å²) in [6.45, 7) is 3.28. The van der Waals surface area contributed by atoms with Gasteiger partial charge in [-0.15, -0.1) is 0 Å². The average Bonchev–Trinajstić information content (AvgIpc) is 2.13. The molecule has 0 aliphatic carbocycles. The van der Waals surface area contributed by atoms with Gasteiger partial charge in [-0.25, -0.2) is 13.1 Å². The molecule has 0 heterocycles. The molecular weight excluding hydrogens is 248 g/mol. The maximum atomic E-state index is 11.4. The molecule has 0 unspecified atom stereocenters. The van der Waals surface area contributed by atoms with Crippen LogP contribution in [0.2, 0.25) is 0 Å². The number of carboxylic acids is 1. The van der Waals surface area contributed by atoms with E-state index in [4.69, 9.17) is 5.11 Å². The number of carbonyl (C=O) groups excluding carboxylic acids is 1. The third-order valence-corrected chi connectivity index (χ3v) is 3.34. The molecule has 0 aliphatic rings. The van der Waals surface area contributed by atoms with Crippen molar-refractivity contribution >= 4 is 21.9 Å². The predicted octanol–water partition coefficient (Wildman–Crippen LogP) is -0.705. The molecule has 100 valence electrons. The zero-order valence-electron chi connectivity index (χ0n) is 10.1. The molecule has 0 aromatic carbocycles. The lowest BCUT2D eigenvalue weighted by Crippen LogP contribution is -2.47. The van der Waals surface area contributed by atoms with Gasteiger partial charge in [0.2, 0.25) is 15.9 Å².